The molecule has 0 amide bonds. The van der Waals surface area contributed by atoms with E-state index in [1.54, 1.807) is 0 Å². The average Bonchev–Trinajstić information content (AvgIpc) is 3.10. The molecule has 2 aromatic rings. The van der Waals surface area contributed by atoms with Gasteiger partial charge in [0.1, 0.15) is 11.5 Å². The molecule has 2 unspecified atom stereocenters. The van der Waals surface area contributed by atoms with E-state index in [1.165, 1.54) is 32.6 Å². The highest BCUT2D eigenvalue weighted by atomic mass is 28.3. The second-order valence-electron chi connectivity index (χ2n) is 22.2. The van der Waals surface area contributed by atoms with Crippen LogP contribution in [0.2, 0.25) is 39.3 Å². The topological polar surface area (TPSA) is 27.7 Å². The molecule has 0 spiro atoms. The summed E-state index contributed by atoms with van der Waals surface area (Å²) < 4.78 is 20.6. The molecular weight excluding hydrogens is 729 g/mol. The lowest BCUT2D eigenvalue weighted by atomic mass is 9.69. The summed E-state index contributed by atoms with van der Waals surface area (Å²) in [7, 11) is -3.39. The predicted octanol–water partition coefficient (Wildman–Crippen LogP) is 13.5. The van der Waals surface area contributed by atoms with Crippen molar-refractivity contribution in [3.8, 4) is 11.5 Å². The molecule has 0 saturated heterocycles. The number of ether oxygens (including phenoxy) is 3. The summed E-state index contributed by atoms with van der Waals surface area (Å²) in [6.07, 6.45) is 20.6. The first-order chi connectivity index (χ1) is 26.4. The summed E-state index contributed by atoms with van der Waals surface area (Å²) in [4.78, 5) is 0. The SMILES string of the molecule is CC(C)CCOc1c(C2(CCOCCC3(c4cccc([Si](C)(C)C)c4OCCC(C)C)C=CC(C(C)(C)C)=CC3)C=CC(C(C)(C)C)=CC2)cccc1[Si](C)(C)C. The Balaban J connectivity index is 1.69. The molecule has 0 saturated carbocycles. The Kier molecular flexibility index (Phi) is 15.5. The van der Waals surface area contributed by atoms with Gasteiger partial charge in [-0.2, -0.15) is 0 Å². The summed E-state index contributed by atoms with van der Waals surface area (Å²) in [5, 5.41) is 2.84. The van der Waals surface area contributed by atoms with Crippen molar-refractivity contribution in [1.29, 1.82) is 0 Å². The maximum atomic E-state index is 6.88. The van der Waals surface area contributed by atoms with Gasteiger partial charge in [0.25, 0.3) is 0 Å². The highest BCUT2D eigenvalue weighted by Crippen LogP contribution is 2.46. The maximum Gasteiger partial charge on any atom is 0.122 e. The van der Waals surface area contributed by atoms with Crippen LogP contribution in [0.15, 0.2) is 84.0 Å². The number of hydrogen-bond donors (Lipinski definition) is 0. The van der Waals surface area contributed by atoms with Crippen molar-refractivity contribution in [2.75, 3.05) is 26.4 Å². The molecule has 5 heteroatoms. The van der Waals surface area contributed by atoms with Crippen molar-refractivity contribution >= 4 is 26.5 Å². The number of rotatable bonds is 18. The lowest BCUT2D eigenvalue weighted by Gasteiger charge is -2.39. The Bertz CT molecular complexity index is 1640. The Hall–Kier alpha value is -2.61. The van der Waals surface area contributed by atoms with Gasteiger partial charge in [0.05, 0.1) is 29.4 Å². The highest BCUT2D eigenvalue weighted by molar-refractivity contribution is 6.89. The van der Waals surface area contributed by atoms with Gasteiger partial charge >= 0.3 is 0 Å². The van der Waals surface area contributed by atoms with E-state index in [0.717, 1.165) is 63.2 Å². The van der Waals surface area contributed by atoms with Crippen LogP contribution >= 0.6 is 0 Å². The smallest absolute Gasteiger partial charge is 0.122 e. The summed E-state index contributed by atoms with van der Waals surface area (Å²) in [5.41, 5.74) is 5.26. The van der Waals surface area contributed by atoms with Crippen molar-refractivity contribution in [3.63, 3.8) is 0 Å². The number of allylic oxidation sites excluding steroid dienone is 8. The molecule has 0 bridgehead atoms. The Morgan fingerprint density at radius 3 is 1.21 bits per heavy atom. The third kappa shape index (κ3) is 12.2. The van der Waals surface area contributed by atoms with Gasteiger partial charge < -0.3 is 14.2 Å². The molecule has 0 fully saturated rings. The molecule has 3 nitrogen and oxygen atoms in total. The first-order valence-electron chi connectivity index (χ1n) is 22.3. The molecule has 316 valence electrons. The fourth-order valence-electron chi connectivity index (χ4n) is 8.26. The molecule has 0 aromatic heterocycles. The predicted molar refractivity (Wildman–Crippen MR) is 255 cm³/mol. The van der Waals surface area contributed by atoms with Crippen LogP contribution in [-0.2, 0) is 15.6 Å². The van der Waals surface area contributed by atoms with Crippen LogP contribution < -0.4 is 19.8 Å². The highest BCUT2D eigenvalue weighted by Gasteiger charge is 2.39. The summed E-state index contributed by atoms with van der Waals surface area (Å²) in [5.74, 6) is 3.46. The standard InChI is InChI=1S/C52H82O3Si2/c1-39(2)27-35-54-47-43(19-17-21-45(47)56(11,12)13)51(29-23-41(24-30-51)49(5,6)7)33-37-53-38-34-52(31-25-42(26-32-52)50(8,9)10)44-20-18-22-46(57(14,15)16)48(44)55-36-28-40(3)4/h17-26,29,31,39-40H,27-28,30,32-38H2,1-16H3. The largest absolute Gasteiger partial charge is 0.493 e. The first kappa shape index (κ1) is 47.1. The molecule has 0 aliphatic heterocycles. The Labute approximate surface area is 352 Å². The van der Waals surface area contributed by atoms with E-state index >= 15 is 0 Å². The zero-order valence-electron chi connectivity index (χ0n) is 39.4. The minimum Gasteiger partial charge on any atom is -0.493 e. The molecule has 57 heavy (non-hydrogen) atoms. The normalized spacial score (nSPS) is 20.6. The summed E-state index contributed by atoms with van der Waals surface area (Å²) in [6, 6.07) is 13.9. The molecule has 2 aliphatic carbocycles. The van der Waals surface area contributed by atoms with Crippen molar-refractivity contribution in [3.05, 3.63) is 95.1 Å². The van der Waals surface area contributed by atoms with Crippen LogP contribution in [0.4, 0.5) is 0 Å². The van der Waals surface area contributed by atoms with E-state index in [2.05, 4.69) is 181 Å². The van der Waals surface area contributed by atoms with Crippen molar-refractivity contribution in [2.45, 2.75) is 158 Å². The molecule has 0 heterocycles. The van der Waals surface area contributed by atoms with Gasteiger partial charge in [0, 0.05) is 35.2 Å². The van der Waals surface area contributed by atoms with Crippen LogP contribution in [0.3, 0.4) is 0 Å². The van der Waals surface area contributed by atoms with E-state index in [-0.39, 0.29) is 21.7 Å². The third-order valence-corrected chi connectivity index (χ3v) is 16.3. The molecule has 0 radical (unpaired) electrons. The zero-order valence-corrected chi connectivity index (χ0v) is 41.4. The molecular formula is C52H82O3Si2. The summed E-state index contributed by atoms with van der Waals surface area (Å²) >= 11 is 0. The van der Waals surface area contributed by atoms with Gasteiger partial charge in [-0.25, -0.2) is 0 Å². The van der Waals surface area contributed by atoms with Crippen LogP contribution in [-0.4, -0.2) is 42.6 Å². The molecule has 4 rings (SSSR count). The Morgan fingerprint density at radius 1 is 0.561 bits per heavy atom. The minimum absolute atomic E-state index is 0.100. The molecule has 2 aliphatic rings. The third-order valence-electron chi connectivity index (χ3n) is 12.3. The number of hydrogen-bond acceptors (Lipinski definition) is 3. The van der Waals surface area contributed by atoms with Crippen LogP contribution in [0.25, 0.3) is 0 Å². The van der Waals surface area contributed by atoms with Crippen molar-refractivity contribution in [2.24, 2.45) is 22.7 Å². The van der Waals surface area contributed by atoms with Gasteiger partial charge in [-0.3, -0.25) is 0 Å². The summed E-state index contributed by atoms with van der Waals surface area (Å²) in [6.45, 7) is 40.6. The van der Waals surface area contributed by atoms with E-state index in [1.807, 2.05) is 0 Å². The van der Waals surface area contributed by atoms with Gasteiger partial charge in [-0.15, -0.1) is 0 Å². The first-order valence-corrected chi connectivity index (χ1v) is 29.3. The Morgan fingerprint density at radius 2 is 0.930 bits per heavy atom. The fourth-order valence-corrected chi connectivity index (χ4v) is 11.2. The van der Waals surface area contributed by atoms with Crippen molar-refractivity contribution < 1.29 is 14.2 Å². The van der Waals surface area contributed by atoms with Crippen LogP contribution in [0.5, 0.6) is 11.5 Å². The van der Waals surface area contributed by atoms with Gasteiger partial charge in [-0.05, 0) is 82.7 Å². The molecule has 0 N–H and O–H groups in total. The molecule has 2 atom stereocenters. The fraction of sp³-hybridized carbons (Fsp3) is 0.615. The van der Waals surface area contributed by atoms with E-state index < -0.39 is 16.1 Å². The van der Waals surface area contributed by atoms with Crippen molar-refractivity contribution in [1.82, 2.24) is 0 Å². The van der Waals surface area contributed by atoms with E-state index in [9.17, 15) is 0 Å². The molecule has 2 aromatic carbocycles. The number of benzene rings is 2. The van der Waals surface area contributed by atoms with Gasteiger partial charge in [0.15, 0.2) is 0 Å². The van der Waals surface area contributed by atoms with E-state index in [4.69, 9.17) is 14.2 Å². The number of para-hydroxylation sites is 2. The second-order valence-corrected chi connectivity index (χ2v) is 32.3. The van der Waals surface area contributed by atoms with E-state index in [0.29, 0.717) is 25.0 Å². The maximum absolute atomic E-state index is 6.88. The zero-order chi connectivity index (χ0) is 42.5. The van der Waals surface area contributed by atoms with Gasteiger partial charge in [0.2, 0.25) is 0 Å². The monoisotopic (exact) mass is 811 g/mol. The lowest BCUT2D eigenvalue weighted by Crippen LogP contribution is -2.41. The average molecular weight is 811 g/mol. The van der Waals surface area contributed by atoms with Crippen LogP contribution in [0, 0.1) is 22.7 Å². The second kappa shape index (κ2) is 18.8. The minimum atomic E-state index is -1.70. The van der Waals surface area contributed by atoms with Gasteiger partial charge in [-0.1, -0.05) is 181 Å². The lowest BCUT2D eigenvalue weighted by molar-refractivity contribution is 0.105. The quantitative estimate of drug-likeness (QED) is 0.111. The van der Waals surface area contributed by atoms with Crippen LogP contribution in [0.1, 0.15) is 119 Å².